The van der Waals surface area contributed by atoms with Gasteiger partial charge >= 0.3 is 0 Å². The van der Waals surface area contributed by atoms with Crippen molar-refractivity contribution in [1.82, 2.24) is 0 Å². The van der Waals surface area contributed by atoms with E-state index in [2.05, 4.69) is 18.2 Å². The molecule has 0 saturated carbocycles. The summed E-state index contributed by atoms with van der Waals surface area (Å²) in [6.45, 7) is 1.47. The summed E-state index contributed by atoms with van der Waals surface area (Å²) in [4.78, 5) is 0. The molecule has 2 aliphatic rings. The van der Waals surface area contributed by atoms with Crippen LogP contribution in [0.1, 0.15) is 29.5 Å². The Morgan fingerprint density at radius 3 is 2.56 bits per heavy atom. The van der Waals surface area contributed by atoms with Gasteiger partial charge in [-0.25, -0.2) is 0 Å². The van der Waals surface area contributed by atoms with Crippen LogP contribution < -0.4 is 5.73 Å². The summed E-state index contributed by atoms with van der Waals surface area (Å²) in [5.41, 5.74) is 9.50. The maximum absolute atomic E-state index is 10.2. The molecule has 0 spiro atoms. The average Bonchev–Trinajstić information content (AvgIpc) is 2.37. The lowest BCUT2D eigenvalue weighted by molar-refractivity contribution is -0.116. The molecule has 1 aromatic carbocycles. The van der Waals surface area contributed by atoms with Crippen molar-refractivity contribution < 1.29 is 9.84 Å². The quantitative estimate of drug-likeness (QED) is 0.842. The Morgan fingerprint density at radius 2 is 1.94 bits per heavy atom. The fourth-order valence-electron chi connectivity index (χ4n) is 3.14. The van der Waals surface area contributed by atoms with Gasteiger partial charge in [0, 0.05) is 6.54 Å². The van der Waals surface area contributed by atoms with Crippen LogP contribution in [0, 0.1) is 0 Å². The van der Waals surface area contributed by atoms with Gasteiger partial charge in [0.05, 0.1) is 24.7 Å². The first-order valence-corrected chi connectivity index (χ1v) is 6.84. The summed E-state index contributed by atoms with van der Waals surface area (Å²) in [6, 6.07) is 6.66. The van der Waals surface area contributed by atoms with Crippen LogP contribution in [0.5, 0.6) is 0 Å². The number of fused-ring (bicyclic) bond motifs is 1. The predicted octanol–water partition coefficient (Wildman–Crippen LogP) is 1.15. The van der Waals surface area contributed by atoms with Gasteiger partial charge in [-0.15, -0.1) is 0 Å². The highest BCUT2D eigenvalue weighted by Gasteiger charge is 2.46. The van der Waals surface area contributed by atoms with E-state index in [1.54, 1.807) is 0 Å². The molecule has 1 aliphatic carbocycles. The Kier molecular flexibility index (Phi) is 3.14. The van der Waals surface area contributed by atoms with E-state index in [-0.39, 0.29) is 5.41 Å². The van der Waals surface area contributed by atoms with Crippen LogP contribution in [0.4, 0.5) is 0 Å². The van der Waals surface area contributed by atoms with Crippen LogP contribution in [0.15, 0.2) is 18.2 Å². The Bertz CT molecular complexity index is 440. The van der Waals surface area contributed by atoms with E-state index in [1.165, 1.54) is 42.4 Å². The molecule has 0 amide bonds. The van der Waals surface area contributed by atoms with Gasteiger partial charge in [0.1, 0.15) is 0 Å². The molecule has 3 N–H and O–H groups in total. The predicted molar refractivity (Wildman–Crippen MR) is 70.6 cm³/mol. The summed E-state index contributed by atoms with van der Waals surface area (Å²) in [5.74, 6) is 0. The van der Waals surface area contributed by atoms with E-state index in [9.17, 15) is 5.11 Å². The smallest absolute Gasteiger partial charge is 0.0803 e. The Hall–Kier alpha value is -0.900. The highest BCUT2D eigenvalue weighted by atomic mass is 16.5. The first-order valence-electron chi connectivity index (χ1n) is 6.84. The second-order valence-corrected chi connectivity index (χ2v) is 5.59. The van der Waals surface area contributed by atoms with E-state index in [1.807, 2.05) is 0 Å². The third-order valence-electron chi connectivity index (χ3n) is 4.50. The largest absolute Gasteiger partial charge is 0.391 e. The lowest BCUT2D eigenvalue weighted by Crippen LogP contribution is -2.57. The normalized spacial score (nSPS) is 23.0. The van der Waals surface area contributed by atoms with Crippen molar-refractivity contribution in [3.8, 4) is 0 Å². The zero-order chi connectivity index (χ0) is 12.6. The van der Waals surface area contributed by atoms with Gasteiger partial charge in [-0.3, -0.25) is 0 Å². The number of ether oxygens (including phenoxy) is 1. The first-order chi connectivity index (χ1) is 8.76. The molecule has 3 rings (SSSR count). The summed E-state index contributed by atoms with van der Waals surface area (Å²) in [6.07, 6.45) is 4.43. The van der Waals surface area contributed by atoms with Gasteiger partial charge in [0.15, 0.2) is 0 Å². The number of benzene rings is 1. The average molecular weight is 247 g/mol. The maximum atomic E-state index is 10.2. The fraction of sp³-hybridized carbons (Fsp3) is 0.600. The molecule has 18 heavy (non-hydrogen) atoms. The molecule has 1 saturated heterocycles. The Balaban J connectivity index is 1.96. The van der Waals surface area contributed by atoms with Crippen LogP contribution in [-0.4, -0.2) is 31.0 Å². The van der Waals surface area contributed by atoms with Crippen molar-refractivity contribution in [3.05, 3.63) is 34.9 Å². The molecule has 0 aromatic heterocycles. The molecule has 1 aromatic rings. The van der Waals surface area contributed by atoms with E-state index in [4.69, 9.17) is 10.5 Å². The molecule has 3 heteroatoms. The van der Waals surface area contributed by atoms with Crippen molar-refractivity contribution in [3.63, 3.8) is 0 Å². The third kappa shape index (κ3) is 1.78. The standard InChI is InChI=1S/C15H21NO2/c16-8-14(17)15(9-18-10-15)13-6-5-11-3-1-2-4-12(11)7-13/h5-7,14,17H,1-4,8-10,16H2. The minimum absolute atomic E-state index is 0.263. The third-order valence-corrected chi connectivity index (χ3v) is 4.50. The van der Waals surface area contributed by atoms with Crippen molar-refractivity contribution in [2.24, 2.45) is 5.73 Å². The lowest BCUT2D eigenvalue weighted by Gasteiger charge is -2.45. The van der Waals surface area contributed by atoms with Crippen LogP contribution in [0.25, 0.3) is 0 Å². The van der Waals surface area contributed by atoms with E-state index >= 15 is 0 Å². The first kappa shape index (κ1) is 12.2. The van der Waals surface area contributed by atoms with Crippen LogP contribution in [0.2, 0.25) is 0 Å². The molecule has 1 fully saturated rings. The number of hydrogen-bond acceptors (Lipinski definition) is 3. The molecule has 98 valence electrons. The van der Waals surface area contributed by atoms with E-state index in [0.717, 1.165) is 0 Å². The van der Waals surface area contributed by atoms with Gasteiger partial charge in [-0.1, -0.05) is 18.2 Å². The number of rotatable bonds is 3. The van der Waals surface area contributed by atoms with E-state index in [0.29, 0.717) is 19.8 Å². The zero-order valence-electron chi connectivity index (χ0n) is 10.7. The molecule has 0 bridgehead atoms. The molecule has 1 heterocycles. The van der Waals surface area contributed by atoms with Gasteiger partial charge in [0.2, 0.25) is 0 Å². The zero-order valence-corrected chi connectivity index (χ0v) is 10.7. The van der Waals surface area contributed by atoms with Gasteiger partial charge < -0.3 is 15.6 Å². The van der Waals surface area contributed by atoms with Gasteiger partial charge in [-0.05, 0) is 42.4 Å². The second kappa shape index (κ2) is 4.65. The highest BCUT2D eigenvalue weighted by molar-refractivity contribution is 5.39. The number of nitrogens with two attached hydrogens (primary N) is 1. The molecule has 1 atom stereocenters. The van der Waals surface area contributed by atoms with Crippen molar-refractivity contribution in [2.75, 3.05) is 19.8 Å². The monoisotopic (exact) mass is 247 g/mol. The Labute approximate surface area is 108 Å². The van der Waals surface area contributed by atoms with Gasteiger partial charge in [0.25, 0.3) is 0 Å². The number of hydrogen-bond donors (Lipinski definition) is 2. The summed E-state index contributed by atoms with van der Waals surface area (Å²) in [5, 5.41) is 10.2. The minimum Gasteiger partial charge on any atom is -0.391 e. The number of aryl methyl sites for hydroxylation is 2. The summed E-state index contributed by atoms with van der Waals surface area (Å²) >= 11 is 0. The maximum Gasteiger partial charge on any atom is 0.0803 e. The van der Waals surface area contributed by atoms with Crippen LogP contribution in [-0.2, 0) is 23.0 Å². The van der Waals surface area contributed by atoms with Crippen LogP contribution in [0.3, 0.4) is 0 Å². The molecular formula is C15H21NO2. The molecule has 3 nitrogen and oxygen atoms in total. The van der Waals surface area contributed by atoms with E-state index < -0.39 is 6.10 Å². The number of aliphatic hydroxyl groups is 1. The summed E-state index contributed by atoms with van der Waals surface area (Å²) < 4.78 is 5.34. The molecule has 1 aliphatic heterocycles. The fourth-order valence-corrected chi connectivity index (χ4v) is 3.14. The second-order valence-electron chi connectivity index (χ2n) is 5.59. The van der Waals surface area contributed by atoms with Crippen molar-refractivity contribution >= 4 is 0 Å². The molecule has 0 radical (unpaired) electrons. The number of aliphatic hydroxyl groups excluding tert-OH is 1. The minimum atomic E-state index is -0.507. The van der Waals surface area contributed by atoms with Crippen molar-refractivity contribution in [2.45, 2.75) is 37.2 Å². The molecular weight excluding hydrogens is 226 g/mol. The van der Waals surface area contributed by atoms with Gasteiger partial charge in [-0.2, -0.15) is 0 Å². The topological polar surface area (TPSA) is 55.5 Å². The van der Waals surface area contributed by atoms with Crippen LogP contribution >= 0.6 is 0 Å². The lowest BCUT2D eigenvalue weighted by atomic mass is 9.72. The summed E-state index contributed by atoms with van der Waals surface area (Å²) in [7, 11) is 0. The highest BCUT2D eigenvalue weighted by Crippen LogP contribution is 2.37. The van der Waals surface area contributed by atoms with Crippen molar-refractivity contribution in [1.29, 1.82) is 0 Å². The Morgan fingerprint density at radius 1 is 1.22 bits per heavy atom. The SMILES string of the molecule is NCC(O)C1(c2ccc3c(c2)CCCC3)COC1. The molecule has 1 unspecified atom stereocenters.